The summed E-state index contributed by atoms with van der Waals surface area (Å²) in [5, 5.41) is 3.27. The molecule has 3 aromatic carbocycles. The first kappa shape index (κ1) is 17.1. The van der Waals surface area contributed by atoms with Crippen LogP contribution in [-0.4, -0.2) is 22.5 Å². The number of amides is 1. The zero-order chi connectivity index (χ0) is 18.6. The van der Waals surface area contributed by atoms with Gasteiger partial charge in [-0.1, -0.05) is 35.9 Å². The predicted molar refractivity (Wildman–Crippen MR) is 107 cm³/mol. The van der Waals surface area contributed by atoms with Crippen LogP contribution in [0.1, 0.15) is 0 Å². The Morgan fingerprint density at radius 3 is 2.52 bits per heavy atom. The number of fused-ring (bicyclic) bond motifs is 1. The molecule has 1 amide bonds. The maximum absolute atomic E-state index is 12.1. The molecule has 0 radical (unpaired) electrons. The number of carbonyl (C=O) groups is 1. The monoisotopic (exact) mass is 377 g/mol. The van der Waals surface area contributed by atoms with Gasteiger partial charge in [0.2, 0.25) is 0 Å². The third kappa shape index (κ3) is 3.93. The SMILES string of the molecule is O=C(COc1ccccc1Cl)Nc1ccc(-c2nc3ccccc3[nH]2)cc1. The van der Waals surface area contributed by atoms with Crippen LogP contribution in [0.25, 0.3) is 22.4 Å². The summed E-state index contributed by atoms with van der Waals surface area (Å²) in [6, 6.07) is 22.4. The number of ether oxygens (including phenoxy) is 1. The third-order valence-corrected chi connectivity index (χ3v) is 4.34. The maximum Gasteiger partial charge on any atom is 0.262 e. The van der Waals surface area contributed by atoms with Crippen molar-refractivity contribution in [1.29, 1.82) is 0 Å². The zero-order valence-corrected chi connectivity index (χ0v) is 15.0. The van der Waals surface area contributed by atoms with Gasteiger partial charge in [-0.3, -0.25) is 4.79 Å². The summed E-state index contributed by atoms with van der Waals surface area (Å²) in [4.78, 5) is 19.9. The highest BCUT2D eigenvalue weighted by atomic mass is 35.5. The fourth-order valence-corrected chi connectivity index (χ4v) is 2.89. The number of halogens is 1. The summed E-state index contributed by atoms with van der Waals surface area (Å²) in [5.74, 6) is 1.01. The van der Waals surface area contributed by atoms with Crippen LogP contribution < -0.4 is 10.1 Å². The number of imidazole rings is 1. The van der Waals surface area contributed by atoms with Gasteiger partial charge in [0.1, 0.15) is 11.6 Å². The largest absolute Gasteiger partial charge is 0.482 e. The van der Waals surface area contributed by atoms with Crippen LogP contribution in [0.4, 0.5) is 5.69 Å². The molecular weight excluding hydrogens is 362 g/mol. The van der Waals surface area contributed by atoms with Crippen molar-refractivity contribution in [3.63, 3.8) is 0 Å². The average molecular weight is 378 g/mol. The van der Waals surface area contributed by atoms with Crippen LogP contribution in [0.3, 0.4) is 0 Å². The number of H-pyrrole nitrogens is 1. The highest BCUT2D eigenvalue weighted by Crippen LogP contribution is 2.24. The van der Waals surface area contributed by atoms with E-state index in [9.17, 15) is 4.79 Å². The van der Waals surface area contributed by atoms with Crippen LogP contribution >= 0.6 is 11.6 Å². The summed E-state index contributed by atoms with van der Waals surface area (Å²) in [6.07, 6.45) is 0. The minimum Gasteiger partial charge on any atom is -0.482 e. The van der Waals surface area contributed by atoms with E-state index in [4.69, 9.17) is 16.3 Å². The fraction of sp³-hybridized carbons (Fsp3) is 0.0476. The lowest BCUT2D eigenvalue weighted by atomic mass is 10.2. The van der Waals surface area contributed by atoms with Crippen molar-refractivity contribution in [2.24, 2.45) is 0 Å². The molecular formula is C21H16ClN3O2. The maximum atomic E-state index is 12.1. The average Bonchev–Trinajstić information content (AvgIpc) is 3.12. The lowest BCUT2D eigenvalue weighted by molar-refractivity contribution is -0.118. The summed E-state index contributed by atoms with van der Waals surface area (Å²) >= 11 is 6.01. The minimum absolute atomic E-state index is 0.116. The number of anilines is 1. The number of benzene rings is 3. The lowest BCUT2D eigenvalue weighted by Gasteiger charge is -2.09. The van der Waals surface area contributed by atoms with Gasteiger partial charge in [0.05, 0.1) is 16.1 Å². The second-order valence-electron chi connectivity index (χ2n) is 5.95. The van der Waals surface area contributed by atoms with Crippen LogP contribution in [0.2, 0.25) is 5.02 Å². The highest BCUT2D eigenvalue weighted by molar-refractivity contribution is 6.32. The smallest absolute Gasteiger partial charge is 0.262 e. The molecule has 1 heterocycles. The standard InChI is InChI=1S/C21H16ClN3O2/c22-16-5-1-4-8-19(16)27-13-20(26)23-15-11-9-14(10-12-15)21-24-17-6-2-3-7-18(17)25-21/h1-12H,13H2,(H,23,26)(H,24,25). The molecule has 5 nitrogen and oxygen atoms in total. The molecule has 4 rings (SSSR count). The second kappa shape index (κ2) is 7.51. The molecule has 6 heteroatoms. The van der Waals surface area contributed by atoms with Crippen molar-refractivity contribution in [2.45, 2.75) is 0 Å². The first-order valence-corrected chi connectivity index (χ1v) is 8.79. The number of aromatic amines is 1. The van der Waals surface area contributed by atoms with Gasteiger partial charge in [0.25, 0.3) is 5.91 Å². The molecule has 0 fully saturated rings. The number of hydrogen-bond acceptors (Lipinski definition) is 3. The van der Waals surface area contributed by atoms with Gasteiger partial charge in [0.15, 0.2) is 6.61 Å². The van der Waals surface area contributed by atoms with Gasteiger partial charge in [-0.15, -0.1) is 0 Å². The molecule has 0 atom stereocenters. The molecule has 134 valence electrons. The van der Waals surface area contributed by atoms with E-state index in [2.05, 4.69) is 15.3 Å². The van der Waals surface area contributed by atoms with E-state index < -0.39 is 0 Å². The quantitative estimate of drug-likeness (QED) is 0.519. The number of hydrogen-bond donors (Lipinski definition) is 2. The molecule has 1 aromatic heterocycles. The highest BCUT2D eigenvalue weighted by Gasteiger charge is 2.08. The Hall–Kier alpha value is -3.31. The number of aromatic nitrogens is 2. The minimum atomic E-state index is -0.258. The van der Waals surface area contributed by atoms with Gasteiger partial charge >= 0.3 is 0 Å². The Balaban J connectivity index is 1.40. The number of para-hydroxylation sites is 3. The van der Waals surface area contributed by atoms with E-state index in [1.165, 1.54) is 0 Å². The third-order valence-electron chi connectivity index (χ3n) is 4.03. The Labute approximate surface area is 161 Å². The van der Waals surface area contributed by atoms with E-state index in [0.717, 1.165) is 22.4 Å². The van der Waals surface area contributed by atoms with Crippen LogP contribution in [-0.2, 0) is 4.79 Å². The summed E-state index contributed by atoms with van der Waals surface area (Å²) < 4.78 is 5.44. The molecule has 4 aromatic rings. The molecule has 27 heavy (non-hydrogen) atoms. The van der Waals surface area contributed by atoms with Crippen LogP contribution in [0.15, 0.2) is 72.8 Å². The zero-order valence-electron chi connectivity index (χ0n) is 14.3. The first-order valence-electron chi connectivity index (χ1n) is 8.41. The van der Waals surface area contributed by atoms with Gasteiger partial charge in [-0.05, 0) is 48.5 Å². The van der Waals surface area contributed by atoms with Crippen LogP contribution in [0.5, 0.6) is 5.75 Å². The summed E-state index contributed by atoms with van der Waals surface area (Å²) in [5.41, 5.74) is 3.53. The molecule has 0 bridgehead atoms. The van der Waals surface area contributed by atoms with E-state index in [-0.39, 0.29) is 12.5 Å². The molecule has 0 aliphatic heterocycles. The predicted octanol–water partition coefficient (Wildman–Crippen LogP) is 4.90. The Morgan fingerprint density at radius 2 is 1.74 bits per heavy atom. The number of rotatable bonds is 5. The van der Waals surface area contributed by atoms with E-state index in [0.29, 0.717) is 16.5 Å². The van der Waals surface area contributed by atoms with E-state index in [1.54, 1.807) is 24.3 Å². The van der Waals surface area contributed by atoms with Crippen molar-refractivity contribution in [1.82, 2.24) is 9.97 Å². The van der Waals surface area contributed by atoms with Crippen molar-refractivity contribution < 1.29 is 9.53 Å². The first-order chi connectivity index (χ1) is 13.2. The summed E-state index contributed by atoms with van der Waals surface area (Å²) in [6.45, 7) is -0.116. The number of carbonyl (C=O) groups excluding carboxylic acids is 1. The lowest BCUT2D eigenvalue weighted by Crippen LogP contribution is -2.20. The number of nitrogens with one attached hydrogen (secondary N) is 2. The van der Waals surface area contributed by atoms with Gasteiger partial charge < -0.3 is 15.0 Å². The molecule has 0 saturated carbocycles. The van der Waals surface area contributed by atoms with E-state index >= 15 is 0 Å². The molecule has 0 aliphatic rings. The van der Waals surface area contributed by atoms with Gasteiger partial charge in [-0.25, -0.2) is 4.98 Å². The van der Waals surface area contributed by atoms with Crippen molar-refractivity contribution in [3.8, 4) is 17.1 Å². The Bertz CT molecular complexity index is 1060. The normalized spacial score (nSPS) is 10.7. The van der Waals surface area contributed by atoms with Crippen molar-refractivity contribution in [3.05, 3.63) is 77.8 Å². The molecule has 2 N–H and O–H groups in total. The van der Waals surface area contributed by atoms with Crippen molar-refractivity contribution in [2.75, 3.05) is 11.9 Å². The molecule has 0 spiro atoms. The molecule has 0 aliphatic carbocycles. The molecule has 0 unspecified atom stereocenters. The van der Waals surface area contributed by atoms with Gasteiger partial charge in [-0.2, -0.15) is 0 Å². The molecule has 0 saturated heterocycles. The second-order valence-corrected chi connectivity index (χ2v) is 6.35. The summed E-state index contributed by atoms with van der Waals surface area (Å²) in [7, 11) is 0. The number of nitrogens with zero attached hydrogens (tertiary/aromatic N) is 1. The Morgan fingerprint density at radius 1 is 1.00 bits per heavy atom. The van der Waals surface area contributed by atoms with E-state index in [1.807, 2.05) is 48.5 Å². The van der Waals surface area contributed by atoms with Crippen LogP contribution in [0, 0.1) is 0 Å². The van der Waals surface area contributed by atoms with Gasteiger partial charge in [0, 0.05) is 11.3 Å². The fourth-order valence-electron chi connectivity index (χ4n) is 2.70. The Kier molecular flexibility index (Phi) is 4.77. The van der Waals surface area contributed by atoms with Crippen molar-refractivity contribution >= 4 is 34.2 Å². The topological polar surface area (TPSA) is 67.0 Å².